The number of rotatable bonds is 4. The van der Waals surface area contributed by atoms with Crippen LogP contribution in [0.2, 0.25) is 0 Å². The Hall–Kier alpha value is -1.49. The van der Waals surface area contributed by atoms with Gasteiger partial charge in [-0.2, -0.15) is 4.37 Å². The van der Waals surface area contributed by atoms with E-state index >= 15 is 0 Å². The van der Waals surface area contributed by atoms with E-state index in [1.807, 2.05) is 6.07 Å². The number of nitrogens with one attached hydrogen (secondary N) is 1. The quantitative estimate of drug-likeness (QED) is 0.904. The fraction of sp³-hybridized carbons (Fsp3) is 0.333. The summed E-state index contributed by atoms with van der Waals surface area (Å²) < 4.78 is 17.3. The minimum atomic E-state index is -0.208. The normalized spacial score (nSPS) is 14.9. The SMILES string of the molecule is Fc1cccc(CNc2nc(C3CC3)ns2)c1. The molecular formula is C12H12FN3S. The first-order valence-electron chi connectivity index (χ1n) is 5.63. The molecule has 0 atom stereocenters. The molecule has 0 bridgehead atoms. The van der Waals surface area contributed by atoms with E-state index in [0.717, 1.165) is 16.5 Å². The second kappa shape index (κ2) is 4.41. The highest BCUT2D eigenvalue weighted by Crippen LogP contribution is 2.39. The number of benzene rings is 1. The molecule has 0 spiro atoms. The lowest BCUT2D eigenvalue weighted by molar-refractivity contribution is 0.626. The maximum Gasteiger partial charge on any atom is 0.202 e. The van der Waals surface area contributed by atoms with Crippen LogP contribution in [0.5, 0.6) is 0 Å². The highest BCUT2D eigenvalue weighted by atomic mass is 32.1. The van der Waals surface area contributed by atoms with Gasteiger partial charge in [0.2, 0.25) is 5.13 Å². The zero-order valence-electron chi connectivity index (χ0n) is 9.19. The molecule has 0 saturated heterocycles. The monoisotopic (exact) mass is 249 g/mol. The van der Waals surface area contributed by atoms with E-state index in [2.05, 4.69) is 14.7 Å². The van der Waals surface area contributed by atoms with E-state index in [4.69, 9.17) is 0 Å². The Morgan fingerprint density at radius 2 is 2.29 bits per heavy atom. The van der Waals surface area contributed by atoms with E-state index in [1.165, 1.54) is 36.5 Å². The molecule has 5 heteroatoms. The highest BCUT2D eigenvalue weighted by molar-refractivity contribution is 7.09. The fourth-order valence-corrected chi connectivity index (χ4v) is 2.28. The van der Waals surface area contributed by atoms with Gasteiger partial charge in [0.25, 0.3) is 0 Å². The van der Waals surface area contributed by atoms with Crippen molar-refractivity contribution >= 4 is 16.7 Å². The van der Waals surface area contributed by atoms with Crippen molar-refractivity contribution < 1.29 is 4.39 Å². The third kappa shape index (κ3) is 2.61. The summed E-state index contributed by atoms with van der Waals surface area (Å²) in [5.74, 6) is 1.33. The maximum atomic E-state index is 13.0. The van der Waals surface area contributed by atoms with Crippen LogP contribution in [-0.2, 0) is 6.54 Å². The second-order valence-electron chi connectivity index (χ2n) is 4.22. The van der Waals surface area contributed by atoms with Crippen molar-refractivity contribution in [3.05, 3.63) is 41.5 Å². The van der Waals surface area contributed by atoms with E-state index in [0.29, 0.717) is 12.5 Å². The first-order chi connectivity index (χ1) is 8.31. The summed E-state index contributed by atoms with van der Waals surface area (Å²) in [7, 11) is 0. The van der Waals surface area contributed by atoms with Crippen molar-refractivity contribution in [3.63, 3.8) is 0 Å². The van der Waals surface area contributed by atoms with Gasteiger partial charge in [-0.15, -0.1) is 0 Å². The number of nitrogens with zero attached hydrogens (tertiary/aromatic N) is 2. The van der Waals surface area contributed by atoms with Gasteiger partial charge in [-0.05, 0) is 30.5 Å². The van der Waals surface area contributed by atoms with Crippen molar-refractivity contribution in [1.82, 2.24) is 9.36 Å². The Bertz CT molecular complexity index is 522. The Balaban J connectivity index is 1.62. The van der Waals surface area contributed by atoms with Gasteiger partial charge < -0.3 is 5.32 Å². The molecule has 1 aromatic carbocycles. The molecule has 1 fully saturated rings. The topological polar surface area (TPSA) is 37.8 Å². The molecule has 1 N–H and O–H groups in total. The van der Waals surface area contributed by atoms with Crippen LogP contribution in [0.15, 0.2) is 24.3 Å². The third-order valence-electron chi connectivity index (χ3n) is 2.72. The summed E-state index contributed by atoms with van der Waals surface area (Å²) in [6.45, 7) is 0.580. The van der Waals surface area contributed by atoms with E-state index in [-0.39, 0.29) is 5.82 Å². The molecule has 1 aromatic heterocycles. The molecule has 1 aliphatic carbocycles. The predicted octanol–water partition coefficient (Wildman–Crippen LogP) is 3.17. The van der Waals surface area contributed by atoms with Crippen molar-refractivity contribution in [1.29, 1.82) is 0 Å². The molecule has 0 radical (unpaired) electrons. The molecule has 1 heterocycles. The molecular weight excluding hydrogens is 237 g/mol. The van der Waals surface area contributed by atoms with Crippen LogP contribution in [0, 0.1) is 5.82 Å². The average Bonchev–Trinajstić information content (AvgIpc) is 3.07. The zero-order valence-corrected chi connectivity index (χ0v) is 10.0. The van der Waals surface area contributed by atoms with Crippen molar-refractivity contribution in [3.8, 4) is 0 Å². The van der Waals surface area contributed by atoms with E-state index in [1.54, 1.807) is 6.07 Å². The van der Waals surface area contributed by atoms with Gasteiger partial charge in [0.15, 0.2) is 0 Å². The van der Waals surface area contributed by atoms with Crippen LogP contribution in [0.3, 0.4) is 0 Å². The summed E-state index contributed by atoms with van der Waals surface area (Å²) in [6.07, 6.45) is 2.42. The maximum absolute atomic E-state index is 13.0. The first kappa shape index (κ1) is 10.7. The Morgan fingerprint density at radius 1 is 1.41 bits per heavy atom. The lowest BCUT2D eigenvalue weighted by atomic mass is 10.2. The van der Waals surface area contributed by atoms with Crippen LogP contribution in [0.25, 0.3) is 0 Å². The van der Waals surface area contributed by atoms with Gasteiger partial charge in [0, 0.05) is 24.0 Å². The van der Waals surface area contributed by atoms with Crippen LogP contribution < -0.4 is 5.32 Å². The van der Waals surface area contributed by atoms with E-state index in [9.17, 15) is 4.39 Å². The third-order valence-corrected chi connectivity index (χ3v) is 3.40. The predicted molar refractivity (Wildman–Crippen MR) is 65.6 cm³/mol. The van der Waals surface area contributed by atoms with Gasteiger partial charge in [0.05, 0.1) is 0 Å². The zero-order chi connectivity index (χ0) is 11.7. The average molecular weight is 249 g/mol. The molecule has 17 heavy (non-hydrogen) atoms. The van der Waals surface area contributed by atoms with Crippen LogP contribution in [-0.4, -0.2) is 9.36 Å². The molecule has 88 valence electrons. The molecule has 1 saturated carbocycles. The van der Waals surface area contributed by atoms with Crippen molar-refractivity contribution in [2.75, 3.05) is 5.32 Å². The fourth-order valence-electron chi connectivity index (χ4n) is 1.64. The molecule has 0 unspecified atom stereocenters. The summed E-state index contributed by atoms with van der Waals surface area (Å²) >= 11 is 1.38. The van der Waals surface area contributed by atoms with Gasteiger partial charge in [-0.25, -0.2) is 9.37 Å². The first-order valence-corrected chi connectivity index (χ1v) is 6.40. The number of hydrogen-bond acceptors (Lipinski definition) is 4. The summed E-state index contributed by atoms with van der Waals surface area (Å²) in [5, 5.41) is 3.99. The second-order valence-corrected chi connectivity index (χ2v) is 4.97. The Kier molecular flexibility index (Phi) is 2.76. The summed E-state index contributed by atoms with van der Waals surface area (Å²) in [6, 6.07) is 6.57. The standard InChI is InChI=1S/C12H12FN3S/c13-10-3-1-2-8(6-10)7-14-12-15-11(16-17-12)9-4-5-9/h1-3,6,9H,4-5,7H2,(H,14,15,16). The lowest BCUT2D eigenvalue weighted by Crippen LogP contribution is -1.99. The molecule has 2 aromatic rings. The minimum Gasteiger partial charge on any atom is -0.356 e. The number of anilines is 1. The van der Waals surface area contributed by atoms with Crippen LogP contribution in [0.1, 0.15) is 30.1 Å². The van der Waals surface area contributed by atoms with Crippen LogP contribution in [0.4, 0.5) is 9.52 Å². The summed E-state index contributed by atoms with van der Waals surface area (Å²) in [5.41, 5.74) is 0.910. The minimum absolute atomic E-state index is 0.208. The molecule has 3 nitrogen and oxygen atoms in total. The molecule has 0 amide bonds. The van der Waals surface area contributed by atoms with Gasteiger partial charge in [-0.1, -0.05) is 12.1 Å². The van der Waals surface area contributed by atoms with Crippen molar-refractivity contribution in [2.45, 2.75) is 25.3 Å². The van der Waals surface area contributed by atoms with Gasteiger partial charge >= 0.3 is 0 Å². The Morgan fingerprint density at radius 3 is 3.06 bits per heavy atom. The molecule has 1 aliphatic rings. The van der Waals surface area contributed by atoms with Crippen LogP contribution >= 0.6 is 11.5 Å². The van der Waals surface area contributed by atoms with Crippen molar-refractivity contribution in [2.24, 2.45) is 0 Å². The number of aromatic nitrogens is 2. The highest BCUT2D eigenvalue weighted by Gasteiger charge is 2.27. The smallest absolute Gasteiger partial charge is 0.202 e. The van der Waals surface area contributed by atoms with Gasteiger partial charge in [-0.3, -0.25) is 0 Å². The largest absolute Gasteiger partial charge is 0.356 e. The number of halogens is 1. The number of hydrogen-bond donors (Lipinski definition) is 1. The van der Waals surface area contributed by atoms with Gasteiger partial charge in [0.1, 0.15) is 11.6 Å². The Labute approximate surface area is 103 Å². The molecule has 3 rings (SSSR count). The molecule has 0 aliphatic heterocycles. The summed E-state index contributed by atoms with van der Waals surface area (Å²) in [4.78, 5) is 4.41. The van der Waals surface area contributed by atoms with E-state index < -0.39 is 0 Å². The lowest BCUT2D eigenvalue weighted by Gasteiger charge is -2.01.